The summed E-state index contributed by atoms with van der Waals surface area (Å²) in [6, 6.07) is 18.0. The third kappa shape index (κ3) is 5.29. The maximum Gasteiger partial charge on any atom is 0.312 e. The van der Waals surface area contributed by atoms with Crippen molar-refractivity contribution in [3.63, 3.8) is 0 Å². The number of H-pyrrole nitrogens is 1. The molecule has 0 saturated heterocycles. The van der Waals surface area contributed by atoms with Crippen molar-refractivity contribution in [2.75, 3.05) is 6.61 Å². The molecular weight excluding hydrogens is 438 g/mol. The number of fused-ring (bicyclic) bond motifs is 2. The van der Waals surface area contributed by atoms with Gasteiger partial charge >= 0.3 is 11.9 Å². The van der Waals surface area contributed by atoms with Gasteiger partial charge in [-0.3, -0.25) is 9.59 Å². The lowest BCUT2D eigenvalue weighted by atomic mass is 9.57. The van der Waals surface area contributed by atoms with E-state index in [0.29, 0.717) is 37.9 Å². The molecule has 0 amide bonds. The van der Waals surface area contributed by atoms with Crippen molar-refractivity contribution in [3.8, 4) is 0 Å². The molecule has 184 valence electrons. The number of benzene rings is 2. The van der Waals surface area contributed by atoms with Gasteiger partial charge in [0.05, 0.1) is 12.0 Å². The molecule has 5 nitrogen and oxygen atoms in total. The van der Waals surface area contributed by atoms with Crippen LogP contribution in [0, 0.1) is 17.3 Å². The van der Waals surface area contributed by atoms with Crippen LogP contribution in [-0.4, -0.2) is 23.5 Å². The molecule has 1 heterocycles. The summed E-state index contributed by atoms with van der Waals surface area (Å²) in [7, 11) is 0. The van der Waals surface area contributed by atoms with Gasteiger partial charge in [-0.15, -0.1) is 0 Å². The van der Waals surface area contributed by atoms with Crippen molar-refractivity contribution < 1.29 is 19.1 Å². The van der Waals surface area contributed by atoms with E-state index in [1.807, 2.05) is 54.7 Å². The van der Waals surface area contributed by atoms with E-state index in [1.54, 1.807) is 0 Å². The molecule has 35 heavy (non-hydrogen) atoms. The number of esters is 2. The fourth-order valence-corrected chi connectivity index (χ4v) is 6.21. The van der Waals surface area contributed by atoms with Gasteiger partial charge in [0.1, 0.15) is 6.61 Å². The predicted octanol–water partition coefficient (Wildman–Crippen LogP) is 6.36. The fraction of sp³-hybridized carbons (Fsp3) is 0.467. The third-order valence-corrected chi connectivity index (χ3v) is 8.20. The largest absolute Gasteiger partial charge is 0.465 e. The number of carbonyl (C=O) groups excluding carboxylic acids is 2. The summed E-state index contributed by atoms with van der Waals surface area (Å²) >= 11 is 0. The SMILES string of the molecule is O=C(CCc1c[nH]c2ccccc12)OCC1CC[C@@]2(C(=O)OCc3ccccc3)CCCC[C@@H]2C1. The van der Waals surface area contributed by atoms with E-state index in [0.717, 1.165) is 61.6 Å². The van der Waals surface area contributed by atoms with Crippen molar-refractivity contribution in [2.24, 2.45) is 17.3 Å². The zero-order valence-corrected chi connectivity index (χ0v) is 20.3. The maximum absolute atomic E-state index is 13.3. The highest BCUT2D eigenvalue weighted by Crippen LogP contribution is 2.52. The van der Waals surface area contributed by atoms with Crippen LogP contribution in [0.25, 0.3) is 10.9 Å². The molecule has 2 saturated carbocycles. The minimum atomic E-state index is -0.358. The Balaban J connectivity index is 1.12. The Morgan fingerprint density at radius 3 is 2.66 bits per heavy atom. The van der Waals surface area contributed by atoms with Gasteiger partial charge in [0.15, 0.2) is 0 Å². The molecular formula is C30H35NO4. The number of rotatable bonds is 8. The zero-order chi connectivity index (χ0) is 24.1. The molecule has 1 aromatic heterocycles. The second kappa shape index (κ2) is 10.7. The highest BCUT2D eigenvalue weighted by Gasteiger charge is 2.51. The van der Waals surface area contributed by atoms with Crippen LogP contribution in [0.5, 0.6) is 0 Å². The molecule has 2 aliphatic carbocycles. The van der Waals surface area contributed by atoms with Gasteiger partial charge in [0, 0.05) is 23.5 Å². The first kappa shape index (κ1) is 23.7. The molecule has 0 radical (unpaired) electrons. The van der Waals surface area contributed by atoms with Gasteiger partial charge in [0.25, 0.3) is 0 Å². The van der Waals surface area contributed by atoms with Crippen molar-refractivity contribution in [1.82, 2.24) is 4.98 Å². The Morgan fingerprint density at radius 2 is 1.77 bits per heavy atom. The third-order valence-electron chi connectivity index (χ3n) is 8.20. The Hall–Kier alpha value is -3.08. The molecule has 0 bridgehead atoms. The highest BCUT2D eigenvalue weighted by molar-refractivity contribution is 5.83. The number of carbonyl (C=O) groups is 2. The van der Waals surface area contributed by atoms with Crippen LogP contribution in [0.3, 0.4) is 0 Å². The summed E-state index contributed by atoms with van der Waals surface area (Å²) in [6.45, 7) is 0.796. The number of nitrogens with one attached hydrogen (secondary N) is 1. The van der Waals surface area contributed by atoms with Crippen LogP contribution in [0.1, 0.15) is 62.5 Å². The van der Waals surface area contributed by atoms with E-state index in [9.17, 15) is 9.59 Å². The molecule has 1 unspecified atom stereocenters. The number of hydrogen-bond donors (Lipinski definition) is 1. The van der Waals surface area contributed by atoms with Crippen LogP contribution in [0.15, 0.2) is 60.8 Å². The van der Waals surface area contributed by atoms with E-state index in [4.69, 9.17) is 9.47 Å². The molecule has 5 rings (SSSR count). The van der Waals surface area contributed by atoms with Crippen molar-refractivity contribution in [3.05, 3.63) is 71.9 Å². The average molecular weight is 474 g/mol. The minimum absolute atomic E-state index is 0.0276. The van der Waals surface area contributed by atoms with E-state index in [1.165, 1.54) is 5.39 Å². The quantitative estimate of drug-likeness (QED) is 0.386. The topological polar surface area (TPSA) is 68.4 Å². The number of para-hydroxylation sites is 1. The van der Waals surface area contributed by atoms with Gasteiger partial charge in [-0.2, -0.15) is 0 Å². The smallest absolute Gasteiger partial charge is 0.312 e. The lowest BCUT2D eigenvalue weighted by Gasteiger charge is -2.47. The lowest BCUT2D eigenvalue weighted by Crippen LogP contribution is -2.46. The average Bonchev–Trinajstić information content (AvgIpc) is 3.33. The first-order chi connectivity index (χ1) is 17.1. The van der Waals surface area contributed by atoms with E-state index < -0.39 is 0 Å². The van der Waals surface area contributed by atoms with E-state index in [2.05, 4.69) is 11.1 Å². The molecule has 0 spiro atoms. The summed E-state index contributed by atoms with van der Waals surface area (Å²) in [5.74, 6) is 0.478. The van der Waals surface area contributed by atoms with Gasteiger partial charge in [-0.05, 0) is 67.6 Å². The number of hydrogen-bond acceptors (Lipinski definition) is 4. The summed E-state index contributed by atoms with van der Waals surface area (Å²) in [6.07, 6.45) is 9.96. The van der Waals surface area contributed by atoms with Gasteiger partial charge < -0.3 is 14.5 Å². The highest BCUT2D eigenvalue weighted by atomic mass is 16.5. The molecule has 0 aliphatic heterocycles. The lowest BCUT2D eigenvalue weighted by molar-refractivity contribution is -0.169. The van der Waals surface area contributed by atoms with Crippen molar-refractivity contribution in [1.29, 1.82) is 0 Å². The van der Waals surface area contributed by atoms with Crippen LogP contribution in [-0.2, 0) is 32.1 Å². The molecule has 2 aromatic carbocycles. The van der Waals surface area contributed by atoms with Crippen LogP contribution >= 0.6 is 0 Å². The Bertz CT molecular complexity index is 1150. The number of ether oxygens (including phenoxy) is 2. The second-order valence-electron chi connectivity index (χ2n) is 10.3. The monoisotopic (exact) mass is 473 g/mol. The van der Waals surface area contributed by atoms with Gasteiger partial charge in [-0.1, -0.05) is 61.4 Å². The molecule has 3 aromatic rings. The Kier molecular flexibility index (Phi) is 7.21. The number of aromatic amines is 1. The van der Waals surface area contributed by atoms with Crippen molar-refractivity contribution in [2.45, 2.75) is 64.4 Å². The molecule has 2 aliphatic rings. The number of aryl methyl sites for hydroxylation is 1. The summed E-state index contributed by atoms with van der Waals surface area (Å²) in [5.41, 5.74) is 2.91. The zero-order valence-electron chi connectivity index (χ0n) is 20.3. The minimum Gasteiger partial charge on any atom is -0.465 e. The fourth-order valence-electron chi connectivity index (χ4n) is 6.21. The summed E-state index contributed by atoms with van der Waals surface area (Å²) in [5, 5.41) is 1.17. The summed E-state index contributed by atoms with van der Waals surface area (Å²) in [4.78, 5) is 29.0. The van der Waals surface area contributed by atoms with E-state index in [-0.39, 0.29) is 17.4 Å². The molecule has 2 fully saturated rings. The van der Waals surface area contributed by atoms with Crippen LogP contribution < -0.4 is 0 Å². The van der Waals surface area contributed by atoms with Crippen LogP contribution in [0.4, 0.5) is 0 Å². The first-order valence-corrected chi connectivity index (χ1v) is 13.1. The second-order valence-corrected chi connectivity index (χ2v) is 10.3. The van der Waals surface area contributed by atoms with E-state index >= 15 is 0 Å². The van der Waals surface area contributed by atoms with Gasteiger partial charge in [0.2, 0.25) is 0 Å². The maximum atomic E-state index is 13.3. The summed E-state index contributed by atoms with van der Waals surface area (Å²) < 4.78 is 11.5. The number of aromatic nitrogens is 1. The molecule has 3 atom stereocenters. The van der Waals surface area contributed by atoms with Crippen LogP contribution in [0.2, 0.25) is 0 Å². The van der Waals surface area contributed by atoms with Gasteiger partial charge in [-0.25, -0.2) is 0 Å². The standard InChI is InChI=1S/C30H35NO4/c32-28(14-13-24-19-31-27-12-5-4-11-26(24)27)34-21-23-15-17-30(16-7-6-10-25(30)18-23)29(33)35-20-22-8-2-1-3-9-22/h1-5,8-9,11-12,19,23,25,31H,6-7,10,13-18,20-21H2/t23?,25-,30+/m1/s1. The molecule has 1 N–H and O–H groups in total. The Labute approximate surface area is 207 Å². The van der Waals surface area contributed by atoms with Crippen molar-refractivity contribution >= 4 is 22.8 Å². The normalized spacial score (nSPS) is 24.0. The predicted molar refractivity (Wildman–Crippen MR) is 136 cm³/mol. The first-order valence-electron chi connectivity index (χ1n) is 13.1. The molecule has 5 heteroatoms. The Morgan fingerprint density at radius 1 is 0.943 bits per heavy atom.